The maximum atomic E-state index is 14.4. The number of hydrogen-bond donors (Lipinski definition) is 1. The highest BCUT2D eigenvalue weighted by molar-refractivity contribution is 5.66. The summed E-state index contributed by atoms with van der Waals surface area (Å²) >= 11 is 0. The molecule has 1 fully saturated rings. The molecule has 170 valence electrons. The summed E-state index contributed by atoms with van der Waals surface area (Å²) in [6.07, 6.45) is 3.47. The number of H-pyrrole nitrogens is 1. The molecule has 0 unspecified atom stereocenters. The van der Waals surface area contributed by atoms with Crippen molar-refractivity contribution in [3.8, 4) is 28.4 Å². The zero-order valence-electron chi connectivity index (χ0n) is 18.5. The van der Waals surface area contributed by atoms with Gasteiger partial charge in [-0.05, 0) is 37.6 Å². The molecule has 1 saturated heterocycles. The lowest BCUT2D eigenvalue weighted by atomic mass is 9.90. The van der Waals surface area contributed by atoms with Gasteiger partial charge in [0.05, 0.1) is 33.1 Å². The molecule has 2 aromatic carbocycles. The van der Waals surface area contributed by atoms with Crippen LogP contribution in [0.2, 0.25) is 0 Å². The Morgan fingerprint density at radius 1 is 1.03 bits per heavy atom. The minimum Gasteiger partial charge on any atom is -0.496 e. The molecule has 0 spiro atoms. The second kappa shape index (κ2) is 9.56. The van der Waals surface area contributed by atoms with Crippen molar-refractivity contribution in [3.05, 3.63) is 59.4 Å². The second-order valence-electron chi connectivity index (χ2n) is 7.91. The van der Waals surface area contributed by atoms with E-state index in [1.54, 1.807) is 27.5 Å². The highest BCUT2D eigenvalue weighted by Crippen LogP contribution is 2.38. The van der Waals surface area contributed by atoms with Crippen molar-refractivity contribution in [2.24, 2.45) is 0 Å². The van der Waals surface area contributed by atoms with Gasteiger partial charge in [0.25, 0.3) is 0 Å². The lowest BCUT2D eigenvalue weighted by Crippen LogP contribution is -2.34. The Hall–Kier alpha value is -3.13. The Morgan fingerprint density at radius 3 is 2.47 bits per heavy atom. The molecule has 32 heavy (non-hydrogen) atoms. The zero-order valence-corrected chi connectivity index (χ0v) is 18.5. The van der Waals surface area contributed by atoms with E-state index in [0.29, 0.717) is 29.4 Å². The van der Waals surface area contributed by atoms with Crippen molar-refractivity contribution in [3.63, 3.8) is 0 Å². The molecule has 4 rings (SSSR count). The van der Waals surface area contributed by atoms with Crippen LogP contribution in [0.3, 0.4) is 0 Å². The lowest BCUT2D eigenvalue weighted by molar-refractivity contribution is 0.194. The fraction of sp³-hybridized carbons (Fsp3) is 0.375. The predicted molar refractivity (Wildman–Crippen MR) is 117 cm³/mol. The number of piperidine rings is 1. The van der Waals surface area contributed by atoms with Crippen LogP contribution >= 0.6 is 0 Å². The summed E-state index contributed by atoms with van der Waals surface area (Å²) in [4.78, 5) is 2.31. The number of halogens is 2. The van der Waals surface area contributed by atoms with Gasteiger partial charge in [0.2, 0.25) is 0 Å². The number of benzene rings is 2. The molecule has 1 aliphatic rings. The van der Waals surface area contributed by atoms with E-state index in [2.05, 4.69) is 15.1 Å². The Bertz CT molecular complexity index is 1060. The first-order valence-electron chi connectivity index (χ1n) is 10.5. The number of nitrogens with zero attached hydrogens (tertiary/aromatic N) is 2. The highest BCUT2D eigenvalue weighted by Gasteiger charge is 2.27. The van der Waals surface area contributed by atoms with Crippen LogP contribution < -0.4 is 14.2 Å². The van der Waals surface area contributed by atoms with Crippen LogP contribution in [0, 0.1) is 11.6 Å². The van der Waals surface area contributed by atoms with Gasteiger partial charge in [-0.25, -0.2) is 8.78 Å². The van der Waals surface area contributed by atoms with Crippen LogP contribution in [0.15, 0.2) is 36.5 Å². The van der Waals surface area contributed by atoms with E-state index in [-0.39, 0.29) is 11.5 Å². The van der Waals surface area contributed by atoms with Crippen molar-refractivity contribution in [2.75, 3.05) is 34.4 Å². The van der Waals surface area contributed by atoms with Gasteiger partial charge in [-0.15, -0.1) is 0 Å². The van der Waals surface area contributed by atoms with Crippen LogP contribution in [0.4, 0.5) is 8.78 Å². The summed E-state index contributed by atoms with van der Waals surface area (Å²) in [5.74, 6) is 1.24. The van der Waals surface area contributed by atoms with Gasteiger partial charge in [-0.1, -0.05) is 0 Å². The normalized spacial score (nSPS) is 16.7. The summed E-state index contributed by atoms with van der Waals surface area (Å²) < 4.78 is 44.7. The van der Waals surface area contributed by atoms with Gasteiger partial charge in [0.15, 0.2) is 0 Å². The van der Waals surface area contributed by atoms with Gasteiger partial charge >= 0.3 is 0 Å². The van der Waals surface area contributed by atoms with Crippen LogP contribution in [0.5, 0.6) is 17.2 Å². The number of ether oxygens (including phenoxy) is 3. The van der Waals surface area contributed by atoms with Crippen LogP contribution in [-0.2, 0) is 6.54 Å². The van der Waals surface area contributed by atoms with Crippen molar-refractivity contribution < 1.29 is 23.0 Å². The third-order valence-corrected chi connectivity index (χ3v) is 6.00. The number of aromatic amines is 1. The molecule has 0 saturated carbocycles. The molecule has 0 amide bonds. The van der Waals surface area contributed by atoms with Crippen molar-refractivity contribution in [2.45, 2.75) is 25.3 Å². The molecule has 6 nitrogen and oxygen atoms in total. The summed E-state index contributed by atoms with van der Waals surface area (Å²) in [5.41, 5.74) is 2.60. The van der Waals surface area contributed by atoms with Gasteiger partial charge < -0.3 is 14.2 Å². The Morgan fingerprint density at radius 2 is 1.78 bits per heavy atom. The topological polar surface area (TPSA) is 59.6 Å². The van der Waals surface area contributed by atoms with Gasteiger partial charge in [-0.3, -0.25) is 10.00 Å². The third-order valence-electron chi connectivity index (χ3n) is 6.00. The third kappa shape index (κ3) is 4.41. The molecule has 0 bridgehead atoms. The molecule has 0 radical (unpaired) electrons. The first-order chi connectivity index (χ1) is 15.5. The fourth-order valence-corrected chi connectivity index (χ4v) is 4.42. The van der Waals surface area contributed by atoms with E-state index in [1.807, 2.05) is 12.1 Å². The van der Waals surface area contributed by atoms with Crippen molar-refractivity contribution in [1.82, 2.24) is 15.1 Å². The van der Waals surface area contributed by atoms with Gasteiger partial charge in [-0.2, -0.15) is 5.10 Å². The number of nitrogens with one attached hydrogen (secondary N) is 1. The zero-order chi connectivity index (χ0) is 22.7. The molecule has 1 N–H and O–H groups in total. The molecule has 0 aliphatic carbocycles. The van der Waals surface area contributed by atoms with E-state index >= 15 is 0 Å². The van der Waals surface area contributed by atoms with Gasteiger partial charge in [0, 0.05) is 48.0 Å². The molecular weight excluding hydrogens is 416 g/mol. The van der Waals surface area contributed by atoms with Gasteiger partial charge in [0.1, 0.15) is 28.9 Å². The smallest absolute Gasteiger partial charge is 0.131 e. The van der Waals surface area contributed by atoms with E-state index in [4.69, 9.17) is 14.2 Å². The predicted octanol–water partition coefficient (Wildman–Crippen LogP) is 4.76. The first-order valence-corrected chi connectivity index (χ1v) is 10.5. The number of aromatic nitrogens is 2. The standard InChI is InChI=1S/C24H27F2N3O3/c1-30-17-10-22(31-2)20(23(11-17)32-3)14-29-8-4-5-15(13-29)24-19(12-27-28-24)18-9-16(25)6-7-21(18)26/h6-7,9-12,15H,4-5,8,13-14H2,1-3H3,(H,27,28)/t15-/m1/s1. The Labute approximate surface area is 186 Å². The fourth-order valence-electron chi connectivity index (χ4n) is 4.42. The number of likely N-dealkylation sites (tertiary alicyclic amines) is 1. The molecule has 8 heteroatoms. The van der Waals surface area contributed by atoms with E-state index < -0.39 is 11.6 Å². The van der Waals surface area contributed by atoms with Crippen molar-refractivity contribution >= 4 is 0 Å². The van der Waals surface area contributed by atoms with Crippen LogP contribution in [0.1, 0.15) is 30.0 Å². The number of methoxy groups -OCH3 is 3. The highest BCUT2D eigenvalue weighted by atomic mass is 19.1. The van der Waals surface area contributed by atoms with Crippen LogP contribution in [0.25, 0.3) is 11.1 Å². The first kappa shape index (κ1) is 22.1. The number of hydrogen-bond acceptors (Lipinski definition) is 5. The van der Waals surface area contributed by atoms with E-state index in [9.17, 15) is 8.78 Å². The lowest BCUT2D eigenvalue weighted by Gasteiger charge is -2.33. The Kier molecular flexibility index (Phi) is 6.60. The van der Waals surface area contributed by atoms with Crippen molar-refractivity contribution in [1.29, 1.82) is 0 Å². The summed E-state index contributed by atoms with van der Waals surface area (Å²) in [7, 11) is 4.86. The molecule has 1 atom stereocenters. The molecule has 1 aromatic heterocycles. The molecule has 3 aromatic rings. The second-order valence-corrected chi connectivity index (χ2v) is 7.91. The summed E-state index contributed by atoms with van der Waals surface area (Å²) in [5, 5.41) is 7.17. The maximum Gasteiger partial charge on any atom is 0.131 e. The SMILES string of the molecule is COc1cc(OC)c(CN2CCC[C@@H](c3[nH]ncc3-c3cc(F)ccc3F)C2)c(OC)c1. The van der Waals surface area contributed by atoms with E-state index in [1.165, 1.54) is 6.07 Å². The largest absolute Gasteiger partial charge is 0.496 e. The average molecular weight is 443 g/mol. The number of rotatable bonds is 7. The molecular formula is C24H27F2N3O3. The maximum absolute atomic E-state index is 14.4. The Balaban J connectivity index is 1.59. The quantitative estimate of drug-likeness (QED) is 0.571. The van der Waals surface area contributed by atoms with E-state index in [0.717, 1.165) is 49.3 Å². The summed E-state index contributed by atoms with van der Waals surface area (Å²) in [6.45, 7) is 2.28. The minimum absolute atomic E-state index is 0.110. The molecule has 1 aliphatic heterocycles. The average Bonchev–Trinajstić information content (AvgIpc) is 3.30. The minimum atomic E-state index is -0.475. The summed E-state index contributed by atoms with van der Waals surface area (Å²) in [6, 6.07) is 7.18. The monoisotopic (exact) mass is 443 g/mol. The molecule has 2 heterocycles. The van der Waals surface area contributed by atoms with Crippen LogP contribution in [-0.4, -0.2) is 49.5 Å².